The first-order chi connectivity index (χ1) is 57.9. The molecule has 2 aliphatic rings. The van der Waals surface area contributed by atoms with E-state index in [2.05, 4.69) is 141 Å². The topological polar surface area (TPSA) is 521 Å². The number of carbonyl (C=O) groups excluding carboxylic acids is 4. The summed E-state index contributed by atoms with van der Waals surface area (Å²) in [5.41, 5.74) is 12.7. The molecule has 1 amide bonds. The molecule has 126 heavy (non-hydrogen) atoms. The minimum absolute atomic E-state index is 0. The molecule has 0 aromatic carbocycles. The van der Waals surface area contributed by atoms with Gasteiger partial charge in [0, 0.05) is 98.9 Å². The van der Waals surface area contributed by atoms with Crippen molar-refractivity contribution in [2.45, 2.75) is 91.7 Å². The smallest absolute Gasteiger partial charge is 0.410 e. The number of methoxy groups -OCH3 is 2. The average molecular weight is 1720 g/mol. The van der Waals surface area contributed by atoms with Gasteiger partial charge in [0.15, 0.2) is 17.5 Å². The van der Waals surface area contributed by atoms with E-state index in [1.807, 2.05) is 96.1 Å². The van der Waals surface area contributed by atoms with Gasteiger partial charge in [-0.25, -0.2) is 104 Å². The van der Waals surface area contributed by atoms with Crippen LogP contribution in [-0.2, 0) is 18.9 Å². The summed E-state index contributed by atoms with van der Waals surface area (Å²) in [6.45, 7) is 14.8. The van der Waals surface area contributed by atoms with Gasteiger partial charge in [-0.05, 0) is 163 Å². The zero-order valence-corrected chi connectivity index (χ0v) is 66.0. The van der Waals surface area contributed by atoms with Gasteiger partial charge in [0.2, 0.25) is 17.8 Å². The summed E-state index contributed by atoms with van der Waals surface area (Å²) < 4.78 is 19.5. The SMILES string of the molecule is C.C.C.C.C.C.CC(C)(C)OC(=O)N1CC(CO)C1.COC(=O)c1ccc(N)cn1.COC(=O)c1ccc(Nc2nccc(Nc3ccnc(-c4cccc(C)n4)n3)n2)cn1.Cc1cccc(-c2nccc(Nc3ccnc(Nc4ccc(C(=O)O)nc4)n3)n2)n1.Cc1cccc(-c2nccc(Nc3ccnc(Nc4ccc(C(=O)OCC5CNC5)nc4)n3)n2)n1. The van der Waals surface area contributed by atoms with E-state index in [-0.39, 0.29) is 86.0 Å². The highest BCUT2D eigenvalue weighted by molar-refractivity contribution is 5.89. The molecule has 15 heterocycles. The van der Waals surface area contributed by atoms with E-state index in [9.17, 15) is 24.0 Å². The van der Waals surface area contributed by atoms with Crippen LogP contribution in [0.3, 0.4) is 0 Å². The lowest BCUT2D eigenvalue weighted by Gasteiger charge is -2.38. The number of rotatable bonds is 22. The van der Waals surface area contributed by atoms with Gasteiger partial charge in [-0.15, -0.1) is 0 Å². The van der Waals surface area contributed by atoms with Crippen molar-refractivity contribution in [3.63, 3.8) is 0 Å². The first-order valence-corrected chi connectivity index (χ1v) is 36.8. The largest absolute Gasteiger partial charge is 0.477 e. The molecule has 11 N–H and O–H groups in total. The molecular weight excluding hydrogens is 1610 g/mol. The molecule has 2 aliphatic heterocycles. The van der Waals surface area contributed by atoms with Crippen LogP contribution >= 0.6 is 0 Å². The average Bonchev–Trinajstić information content (AvgIpc) is 0.857. The highest BCUT2D eigenvalue weighted by Gasteiger charge is 2.33. The summed E-state index contributed by atoms with van der Waals surface area (Å²) >= 11 is 0. The van der Waals surface area contributed by atoms with E-state index in [1.165, 1.54) is 51.1 Å². The number of aromatic carboxylic acids is 1. The Labute approximate surface area is 730 Å². The number of amides is 1. The van der Waals surface area contributed by atoms with Crippen LogP contribution in [0.2, 0.25) is 0 Å². The maximum atomic E-state index is 12.1. The second-order valence-corrected chi connectivity index (χ2v) is 27.0. The summed E-state index contributed by atoms with van der Waals surface area (Å²) in [6.07, 6.45) is 15.3. The molecule has 0 unspecified atom stereocenters. The number of hydrogen-bond donors (Lipinski definition) is 10. The minimum Gasteiger partial charge on any atom is -0.477 e. The van der Waals surface area contributed by atoms with E-state index in [0.717, 1.165) is 30.2 Å². The number of aryl methyl sites for hydroxylation is 3. The fraction of sp³-hybridized carbons (Fsp3) is 0.264. The number of carboxylic acids is 1. The number of carboxylic acid groups (broad SMARTS) is 1. The van der Waals surface area contributed by atoms with Crippen LogP contribution < -0.4 is 43.0 Å². The van der Waals surface area contributed by atoms with Gasteiger partial charge in [-0.1, -0.05) is 62.8 Å². The number of esters is 3. The molecule has 0 saturated carbocycles. The number of nitrogens with one attached hydrogen (secondary N) is 7. The number of anilines is 13. The van der Waals surface area contributed by atoms with Crippen molar-refractivity contribution in [1.29, 1.82) is 0 Å². The second-order valence-electron chi connectivity index (χ2n) is 27.0. The van der Waals surface area contributed by atoms with Gasteiger partial charge in [-0.3, -0.25) is 0 Å². The standard InChI is InChI=1S/C24H23N9O2.C21H18N8O2.C20H16N8O2.C9H17NO3.C7H8N2O2.6CH4/c1-15-3-2-4-18(29-15)22-26-9-7-20(32-22)31-21-8-10-27-24(33-21)30-17-5-6-19(28-13-17)23(34)35-14-16-11-25-12-16;1-13-4-3-5-15(25-13)19-22-10-8-17(28-19)27-18-9-11-23-21(29-18)26-14-6-7-16(24-12-14)20(30)31-2;1-12-3-2-4-14(24-12)18-21-9-7-16(27-18)26-17-8-10-22-20(28-17)25-13-5-6-15(19(29)30)23-11-13;1-9(2,3)13-8(12)10-4-7(5-10)6-11;1-11-7(10)6-3-2-5(8)4-9-6;;;;;;/h2-10,13,16,25H,11-12,14H2,1H3,(H2,26,27,30,31,32,33);3-12H,1-2H3,(H2,22,23,26,27,28,29);2-11H,1H3,(H,29,30)(H2,21,22,25,26,27,28);7,11H,4-6H2,1-3H3;2-4H,8H2,1H3;6*1H4. The number of likely N-dealkylation sites (tertiary alicyclic amines) is 1. The first-order valence-electron chi connectivity index (χ1n) is 36.8. The lowest BCUT2D eigenvalue weighted by Crippen LogP contribution is -2.52. The molecule has 2 fully saturated rings. The number of nitrogens with zero attached hydrogens (tertiary/aromatic N) is 20. The number of nitrogen functional groups attached to an aromatic ring is 1. The lowest BCUT2D eigenvalue weighted by molar-refractivity contribution is -0.00978. The van der Waals surface area contributed by atoms with Crippen LogP contribution in [0.4, 0.5) is 80.3 Å². The number of nitrogens with two attached hydrogens (primary N) is 1. The van der Waals surface area contributed by atoms with Crippen molar-refractivity contribution in [1.82, 2.24) is 105 Å². The fourth-order valence-electron chi connectivity index (χ4n) is 10.3. The number of aromatic nitrogens is 19. The van der Waals surface area contributed by atoms with Crippen LogP contribution in [0.5, 0.6) is 0 Å². The number of ether oxygens (including phenoxy) is 4. The predicted octanol–water partition coefficient (Wildman–Crippen LogP) is 14.5. The molecule has 15 rings (SSSR count). The fourth-order valence-corrected chi connectivity index (χ4v) is 10.3. The maximum absolute atomic E-state index is 12.1. The molecule has 0 aliphatic carbocycles. The van der Waals surface area contributed by atoms with Crippen molar-refractivity contribution in [3.05, 3.63) is 241 Å². The van der Waals surface area contributed by atoms with Crippen molar-refractivity contribution in [2.24, 2.45) is 11.8 Å². The molecule has 0 spiro atoms. The Morgan fingerprint density at radius 2 is 0.762 bits per heavy atom. The van der Waals surface area contributed by atoms with Crippen LogP contribution in [0.25, 0.3) is 34.6 Å². The van der Waals surface area contributed by atoms with Crippen molar-refractivity contribution < 1.29 is 53.1 Å². The molecule has 39 heteroatoms. The Balaban J connectivity index is 0.000000291. The van der Waals surface area contributed by atoms with Gasteiger partial charge in [0.1, 0.15) is 80.4 Å². The monoisotopic (exact) mass is 1720 g/mol. The highest BCUT2D eigenvalue weighted by Crippen LogP contribution is 2.25. The highest BCUT2D eigenvalue weighted by atomic mass is 16.6. The van der Waals surface area contributed by atoms with Crippen LogP contribution in [-0.4, -0.2) is 199 Å². The molecule has 13 aromatic rings. The van der Waals surface area contributed by atoms with E-state index in [4.69, 9.17) is 25.4 Å². The summed E-state index contributed by atoms with van der Waals surface area (Å²) in [7, 11) is 2.61. The van der Waals surface area contributed by atoms with E-state index in [0.29, 0.717) is 136 Å². The van der Waals surface area contributed by atoms with Gasteiger partial charge in [-0.2, -0.15) is 15.0 Å². The molecule has 660 valence electrons. The zero-order chi connectivity index (χ0) is 84.9. The third-order valence-corrected chi connectivity index (χ3v) is 16.3. The molecular formula is C87H106N28O11. The van der Waals surface area contributed by atoms with Crippen molar-refractivity contribution >= 4 is 105 Å². The molecule has 0 radical (unpaired) electrons. The van der Waals surface area contributed by atoms with E-state index < -0.39 is 29.5 Å². The minimum atomic E-state index is -1.09. The number of aliphatic hydroxyl groups is 1. The quantitative estimate of drug-likeness (QED) is 0.0222. The van der Waals surface area contributed by atoms with Crippen LogP contribution in [0.1, 0.15) is 124 Å². The Kier molecular flexibility index (Phi) is 39.3. The Morgan fingerprint density at radius 1 is 0.421 bits per heavy atom. The summed E-state index contributed by atoms with van der Waals surface area (Å²) in [6, 6.07) is 40.1. The maximum Gasteiger partial charge on any atom is 0.410 e. The normalized spacial score (nSPS) is 11.4. The lowest BCUT2D eigenvalue weighted by atomic mass is 10.0. The third kappa shape index (κ3) is 31.0. The zero-order valence-electron chi connectivity index (χ0n) is 66.0. The van der Waals surface area contributed by atoms with Crippen molar-refractivity contribution in [3.8, 4) is 34.6 Å². The summed E-state index contributed by atoms with van der Waals surface area (Å²) in [5.74, 6) is 4.01. The Bertz CT molecular complexity index is 5640. The number of aliphatic hydroxyl groups excluding tert-OH is 1. The third-order valence-electron chi connectivity index (χ3n) is 16.3. The number of pyridine rings is 7. The molecule has 0 bridgehead atoms. The molecule has 13 aromatic heterocycles. The Hall–Kier alpha value is -15.8. The summed E-state index contributed by atoms with van der Waals surface area (Å²) in [5, 5.41) is 39.3. The van der Waals surface area contributed by atoms with E-state index in [1.54, 1.807) is 115 Å². The van der Waals surface area contributed by atoms with E-state index >= 15 is 0 Å². The van der Waals surface area contributed by atoms with Gasteiger partial charge >= 0.3 is 30.0 Å². The first kappa shape index (κ1) is 101. The Morgan fingerprint density at radius 3 is 1.06 bits per heavy atom. The molecule has 2 saturated heterocycles. The number of carbonyl (C=O) groups is 5. The van der Waals surface area contributed by atoms with Crippen LogP contribution in [0.15, 0.2) is 201 Å². The number of hydrogen-bond acceptors (Lipinski definition) is 37. The van der Waals surface area contributed by atoms with Gasteiger partial charge in [0.05, 0.1) is 68.4 Å². The van der Waals surface area contributed by atoms with Gasteiger partial charge < -0.3 is 77.0 Å². The van der Waals surface area contributed by atoms with Gasteiger partial charge in [0.25, 0.3) is 0 Å². The summed E-state index contributed by atoms with van der Waals surface area (Å²) in [4.78, 5) is 140. The molecule has 39 nitrogen and oxygen atoms in total. The molecule has 0 atom stereocenters. The predicted molar refractivity (Wildman–Crippen MR) is 482 cm³/mol. The van der Waals surface area contributed by atoms with Crippen molar-refractivity contribution in [2.75, 3.05) is 91.2 Å². The van der Waals surface area contributed by atoms with Crippen LogP contribution in [0, 0.1) is 32.6 Å². The second kappa shape index (κ2) is 49.2.